The Morgan fingerprint density at radius 3 is 2.54 bits per heavy atom. The van der Waals surface area contributed by atoms with Crippen molar-refractivity contribution in [3.8, 4) is 11.3 Å². The molecule has 1 saturated carbocycles. The van der Waals surface area contributed by atoms with Gasteiger partial charge in [-0.05, 0) is 37.8 Å². The lowest BCUT2D eigenvalue weighted by atomic mass is 9.89. The van der Waals surface area contributed by atoms with Gasteiger partial charge >= 0.3 is 12.3 Å². The standard InChI is InChI=1S/C26H30F3N7O3/c27-26(28,29)23-30-12-19(13-31-23)36-10-4-7-18(15-36)33-20-8-1-2-9-21(20)35-24-32-14-22(39-24)16-5-3-6-17(11-16)34-25(37)38/h3,5-6,11-14,18,20-21,33-34H,1-2,4,7-10,15H2,(H,32,35)(H,37,38)/t18?,20-,21-/m1/s1. The van der Waals surface area contributed by atoms with Crippen LogP contribution in [0, 0.1) is 0 Å². The zero-order valence-electron chi connectivity index (χ0n) is 21.1. The van der Waals surface area contributed by atoms with Crippen LogP contribution < -0.4 is 20.9 Å². The lowest BCUT2D eigenvalue weighted by Gasteiger charge is -2.40. The van der Waals surface area contributed by atoms with Gasteiger partial charge in [-0.2, -0.15) is 13.2 Å². The molecule has 208 valence electrons. The van der Waals surface area contributed by atoms with Crippen molar-refractivity contribution in [3.05, 3.63) is 48.7 Å². The number of amides is 1. The van der Waals surface area contributed by atoms with Crippen LogP contribution in [0.5, 0.6) is 0 Å². The van der Waals surface area contributed by atoms with Gasteiger partial charge in [0.25, 0.3) is 6.01 Å². The molecule has 1 aliphatic carbocycles. The van der Waals surface area contributed by atoms with Crippen molar-refractivity contribution in [3.63, 3.8) is 0 Å². The zero-order chi connectivity index (χ0) is 27.4. The first kappa shape index (κ1) is 26.7. The number of hydrogen-bond donors (Lipinski definition) is 4. The molecule has 1 unspecified atom stereocenters. The van der Waals surface area contributed by atoms with Crippen LogP contribution in [-0.4, -0.2) is 57.4 Å². The number of benzene rings is 1. The van der Waals surface area contributed by atoms with E-state index in [0.717, 1.165) is 45.1 Å². The lowest BCUT2D eigenvalue weighted by Crippen LogP contribution is -2.55. The maximum Gasteiger partial charge on any atom is 0.451 e. The predicted molar refractivity (Wildman–Crippen MR) is 139 cm³/mol. The van der Waals surface area contributed by atoms with Crippen molar-refractivity contribution in [2.24, 2.45) is 0 Å². The number of aromatic nitrogens is 3. The topological polar surface area (TPSA) is 128 Å². The van der Waals surface area contributed by atoms with Crippen molar-refractivity contribution in [1.82, 2.24) is 20.3 Å². The normalized spacial score (nSPS) is 21.9. The third-order valence-corrected chi connectivity index (χ3v) is 7.11. The molecule has 10 nitrogen and oxygen atoms in total. The summed E-state index contributed by atoms with van der Waals surface area (Å²) in [5, 5.41) is 18.5. The van der Waals surface area contributed by atoms with Crippen molar-refractivity contribution in [1.29, 1.82) is 0 Å². The van der Waals surface area contributed by atoms with Gasteiger partial charge in [0.05, 0.1) is 24.3 Å². The van der Waals surface area contributed by atoms with E-state index < -0.39 is 18.1 Å². The number of rotatable bonds is 7. The van der Waals surface area contributed by atoms with E-state index in [-0.39, 0.29) is 18.1 Å². The summed E-state index contributed by atoms with van der Waals surface area (Å²) in [5.41, 5.74) is 1.73. The summed E-state index contributed by atoms with van der Waals surface area (Å²) in [6, 6.07) is 7.72. The molecule has 4 N–H and O–H groups in total. The van der Waals surface area contributed by atoms with E-state index in [2.05, 4.69) is 30.9 Å². The first-order valence-corrected chi connectivity index (χ1v) is 13.0. The fourth-order valence-corrected chi connectivity index (χ4v) is 5.29. The number of carboxylic acid groups (broad SMARTS) is 1. The summed E-state index contributed by atoms with van der Waals surface area (Å²) in [6.07, 6.45) is 4.37. The summed E-state index contributed by atoms with van der Waals surface area (Å²) >= 11 is 0. The quantitative estimate of drug-likeness (QED) is 0.316. The Kier molecular flexibility index (Phi) is 7.87. The van der Waals surface area contributed by atoms with Gasteiger partial charge in [0.1, 0.15) is 0 Å². The van der Waals surface area contributed by atoms with E-state index in [4.69, 9.17) is 9.52 Å². The van der Waals surface area contributed by atoms with Gasteiger partial charge < -0.3 is 25.1 Å². The Balaban J connectivity index is 1.21. The maximum atomic E-state index is 12.8. The number of nitrogens with one attached hydrogen (secondary N) is 3. The zero-order valence-corrected chi connectivity index (χ0v) is 21.1. The van der Waals surface area contributed by atoms with Gasteiger partial charge in [-0.1, -0.05) is 25.0 Å². The van der Waals surface area contributed by atoms with Crippen LogP contribution in [0.4, 0.5) is 35.4 Å². The SMILES string of the molecule is O=C(O)Nc1cccc(-c2cnc(N[C@@H]3CCCC[C@H]3NC3CCCN(c4cnc(C(F)(F)F)nc4)C3)o2)c1. The number of halogens is 3. The molecule has 0 bridgehead atoms. The van der Waals surface area contributed by atoms with Gasteiger partial charge in [0, 0.05) is 42.5 Å². The van der Waals surface area contributed by atoms with E-state index in [1.54, 1.807) is 24.4 Å². The van der Waals surface area contributed by atoms with Crippen LogP contribution >= 0.6 is 0 Å². The summed E-state index contributed by atoms with van der Waals surface area (Å²) in [6.45, 7) is 1.39. The van der Waals surface area contributed by atoms with Gasteiger partial charge in [-0.25, -0.2) is 19.7 Å². The minimum atomic E-state index is -4.56. The molecule has 0 spiro atoms. The molecule has 1 amide bonds. The van der Waals surface area contributed by atoms with Crippen molar-refractivity contribution in [2.75, 3.05) is 28.6 Å². The fraction of sp³-hybridized carbons (Fsp3) is 0.462. The molecule has 5 rings (SSSR count). The molecule has 3 aromatic rings. The molecule has 39 heavy (non-hydrogen) atoms. The Hall–Kier alpha value is -3.87. The van der Waals surface area contributed by atoms with Crippen molar-refractivity contribution < 1.29 is 27.5 Å². The van der Waals surface area contributed by atoms with Crippen molar-refractivity contribution in [2.45, 2.75) is 62.8 Å². The Morgan fingerprint density at radius 1 is 1.03 bits per heavy atom. The van der Waals surface area contributed by atoms with Gasteiger partial charge in [0.2, 0.25) is 5.82 Å². The molecule has 0 radical (unpaired) electrons. The molecule has 2 aliphatic rings. The lowest BCUT2D eigenvalue weighted by molar-refractivity contribution is -0.145. The molecular weight excluding hydrogens is 515 g/mol. The van der Waals surface area contributed by atoms with E-state index in [1.807, 2.05) is 11.0 Å². The van der Waals surface area contributed by atoms with Gasteiger partial charge in [-0.15, -0.1) is 0 Å². The van der Waals surface area contributed by atoms with Crippen LogP contribution in [0.3, 0.4) is 0 Å². The molecule has 2 fully saturated rings. The summed E-state index contributed by atoms with van der Waals surface area (Å²) in [7, 11) is 0. The van der Waals surface area contributed by atoms with Crippen LogP contribution in [0.1, 0.15) is 44.3 Å². The van der Waals surface area contributed by atoms with Crippen molar-refractivity contribution >= 4 is 23.5 Å². The van der Waals surface area contributed by atoms with Gasteiger partial charge in [-0.3, -0.25) is 5.32 Å². The number of oxazole rings is 1. The molecule has 13 heteroatoms. The summed E-state index contributed by atoms with van der Waals surface area (Å²) < 4.78 is 44.5. The van der Waals surface area contributed by atoms with E-state index in [9.17, 15) is 18.0 Å². The highest BCUT2D eigenvalue weighted by Crippen LogP contribution is 2.29. The number of alkyl halides is 3. The number of hydrogen-bond acceptors (Lipinski definition) is 8. The monoisotopic (exact) mass is 545 g/mol. The van der Waals surface area contributed by atoms with Crippen LogP contribution in [-0.2, 0) is 6.18 Å². The second kappa shape index (κ2) is 11.5. The van der Waals surface area contributed by atoms with Crippen LogP contribution in [0.25, 0.3) is 11.3 Å². The molecule has 3 atom stereocenters. The molecule has 1 aromatic carbocycles. The van der Waals surface area contributed by atoms with E-state index in [0.29, 0.717) is 35.3 Å². The Labute approximate surface area is 223 Å². The third-order valence-electron chi connectivity index (χ3n) is 7.11. The predicted octanol–water partition coefficient (Wildman–Crippen LogP) is 5.22. The number of piperidine rings is 1. The maximum absolute atomic E-state index is 12.8. The molecular formula is C26H30F3N7O3. The highest BCUT2D eigenvalue weighted by molar-refractivity contribution is 5.84. The molecule has 2 aromatic heterocycles. The second-order valence-corrected chi connectivity index (χ2v) is 9.90. The van der Waals surface area contributed by atoms with Gasteiger partial charge in [0.15, 0.2) is 5.76 Å². The third kappa shape index (κ3) is 6.77. The second-order valence-electron chi connectivity index (χ2n) is 9.90. The highest BCUT2D eigenvalue weighted by Gasteiger charge is 2.35. The largest absolute Gasteiger partial charge is 0.465 e. The minimum absolute atomic E-state index is 0.0926. The first-order chi connectivity index (χ1) is 18.7. The average molecular weight is 546 g/mol. The first-order valence-electron chi connectivity index (χ1n) is 13.0. The smallest absolute Gasteiger partial charge is 0.451 e. The molecule has 1 saturated heterocycles. The Bertz CT molecular complexity index is 1270. The van der Waals surface area contributed by atoms with Crippen LogP contribution in [0.15, 0.2) is 47.3 Å². The highest BCUT2D eigenvalue weighted by atomic mass is 19.4. The molecule has 1 aliphatic heterocycles. The van der Waals surface area contributed by atoms with E-state index >= 15 is 0 Å². The summed E-state index contributed by atoms with van der Waals surface area (Å²) in [4.78, 5) is 24.4. The fourth-order valence-electron chi connectivity index (χ4n) is 5.29. The summed E-state index contributed by atoms with van der Waals surface area (Å²) in [5.74, 6) is -0.609. The average Bonchev–Trinajstić information content (AvgIpc) is 3.38. The number of carbonyl (C=O) groups is 1. The van der Waals surface area contributed by atoms with E-state index in [1.165, 1.54) is 12.4 Å². The van der Waals surface area contributed by atoms with Crippen LogP contribution in [0.2, 0.25) is 0 Å². The number of nitrogens with zero attached hydrogens (tertiary/aromatic N) is 4. The minimum Gasteiger partial charge on any atom is -0.465 e. The number of anilines is 3. The Morgan fingerprint density at radius 2 is 1.79 bits per heavy atom. The molecule has 3 heterocycles.